The van der Waals surface area contributed by atoms with Crippen molar-refractivity contribution in [2.45, 2.75) is 44.9 Å². The first kappa shape index (κ1) is 13.6. The van der Waals surface area contributed by atoms with Crippen molar-refractivity contribution in [3.63, 3.8) is 0 Å². The minimum absolute atomic E-state index is 0.270. The highest BCUT2D eigenvalue weighted by Gasteiger charge is 2.41. The Morgan fingerprint density at radius 2 is 1.85 bits per heavy atom. The van der Waals surface area contributed by atoms with Crippen LogP contribution in [0.1, 0.15) is 44.1 Å². The first-order chi connectivity index (χ1) is 9.77. The van der Waals surface area contributed by atoms with E-state index in [1.165, 1.54) is 18.4 Å². The van der Waals surface area contributed by atoms with Crippen LogP contribution in [0.3, 0.4) is 0 Å². The van der Waals surface area contributed by atoms with Crippen molar-refractivity contribution < 1.29 is 4.79 Å². The molecule has 0 saturated heterocycles. The van der Waals surface area contributed by atoms with Crippen molar-refractivity contribution in [3.8, 4) is 0 Å². The first-order valence-electron chi connectivity index (χ1n) is 7.87. The molecule has 1 saturated carbocycles. The van der Waals surface area contributed by atoms with Crippen molar-refractivity contribution in [2.24, 2.45) is 11.1 Å². The second-order valence-corrected chi connectivity index (χ2v) is 6.23. The van der Waals surface area contributed by atoms with Crippen molar-refractivity contribution >= 4 is 11.6 Å². The van der Waals surface area contributed by atoms with E-state index in [1.54, 1.807) is 0 Å². The molecular formula is C17H24N2O. The number of nitrogens with two attached hydrogens (primary N) is 1. The maximum atomic E-state index is 13.1. The number of fused-ring (bicyclic) bond motifs is 1. The standard InChI is InChI=1S/C17H24N2O/c18-13-17(10-5-1-2-6-11-17)16(20)19-12-9-14-7-3-4-8-15(14)19/h3-4,7-8H,1-2,5-6,9-13,18H2. The molecule has 1 amide bonds. The van der Waals surface area contributed by atoms with Gasteiger partial charge in [-0.25, -0.2) is 0 Å². The number of para-hydroxylation sites is 1. The molecule has 3 rings (SSSR count). The third kappa shape index (κ3) is 2.24. The van der Waals surface area contributed by atoms with E-state index < -0.39 is 0 Å². The van der Waals surface area contributed by atoms with Crippen molar-refractivity contribution in [3.05, 3.63) is 29.8 Å². The van der Waals surface area contributed by atoms with E-state index in [9.17, 15) is 4.79 Å². The zero-order chi connectivity index (χ0) is 14.0. The second-order valence-electron chi connectivity index (χ2n) is 6.23. The molecule has 1 aliphatic heterocycles. The number of rotatable bonds is 2. The van der Waals surface area contributed by atoms with Crippen LogP contribution in [-0.4, -0.2) is 19.0 Å². The Labute approximate surface area is 121 Å². The molecular weight excluding hydrogens is 248 g/mol. The number of anilines is 1. The van der Waals surface area contributed by atoms with Crippen molar-refractivity contribution in [1.29, 1.82) is 0 Å². The van der Waals surface area contributed by atoms with Gasteiger partial charge < -0.3 is 10.6 Å². The summed E-state index contributed by atoms with van der Waals surface area (Å²) < 4.78 is 0. The normalized spacial score (nSPS) is 21.4. The molecule has 20 heavy (non-hydrogen) atoms. The van der Waals surface area contributed by atoms with Gasteiger partial charge in [-0.15, -0.1) is 0 Å². The number of benzene rings is 1. The Bertz CT molecular complexity index is 490. The summed E-state index contributed by atoms with van der Waals surface area (Å²) in [5, 5.41) is 0. The number of hydrogen-bond donors (Lipinski definition) is 1. The maximum absolute atomic E-state index is 13.1. The monoisotopic (exact) mass is 272 g/mol. The molecule has 1 aromatic carbocycles. The van der Waals surface area contributed by atoms with Gasteiger partial charge in [0, 0.05) is 18.8 Å². The molecule has 1 heterocycles. The maximum Gasteiger partial charge on any atom is 0.234 e. The molecule has 2 aliphatic rings. The summed E-state index contributed by atoms with van der Waals surface area (Å²) in [6, 6.07) is 8.27. The average Bonchev–Trinajstić information content (AvgIpc) is 2.76. The minimum Gasteiger partial charge on any atom is -0.329 e. The molecule has 0 radical (unpaired) electrons. The van der Waals surface area contributed by atoms with Gasteiger partial charge in [0.25, 0.3) is 0 Å². The van der Waals surface area contributed by atoms with Crippen LogP contribution in [0, 0.1) is 5.41 Å². The van der Waals surface area contributed by atoms with Gasteiger partial charge in [-0.1, -0.05) is 43.9 Å². The Morgan fingerprint density at radius 3 is 2.55 bits per heavy atom. The van der Waals surface area contributed by atoms with E-state index in [2.05, 4.69) is 18.2 Å². The largest absolute Gasteiger partial charge is 0.329 e. The lowest BCUT2D eigenvalue weighted by Gasteiger charge is -2.34. The molecule has 108 valence electrons. The highest BCUT2D eigenvalue weighted by Crippen LogP contribution is 2.39. The van der Waals surface area contributed by atoms with Crippen LogP contribution in [0.4, 0.5) is 5.69 Å². The Kier molecular flexibility index (Phi) is 3.79. The van der Waals surface area contributed by atoms with E-state index in [4.69, 9.17) is 5.73 Å². The van der Waals surface area contributed by atoms with E-state index in [-0.39, 0.29) is 11.3 Å². The predicted octanol–water partition coefficient (Wildman–Crippen LogP) is 2.88. The Balaban J connectivity index is 1.88. The summed E-state index contributed by atoms with van der Waals surface area (Å²) in [5.41, 5.74) is 8.14. The highest BCUT2D eigenvalue weighted by molar-refractivity contribution is 5.99. The quantitative estimate of drug-likeness (QED) is 0.841. The van der Waals surface area contributed by atoms with Gasteiger partial charge >= 0.3 is 0 Å². The molecule has 2 N–H and O–H groups in total. The lowest BCUT2D eigenvalue weighted by Crippen LogP contribution is -2.47. The van der Waals surface area contributed by atoms with Crippen LogP contribution >= 0.6 is 0 Å². The molecule has 1 aromatic rings. The fraction of sp³-hybridized carbons (Fsp3) is 0.588. The Hall–Kier alpha value is -1.35. The molecule has 3 nitrogen and oxygen atoms in total. The van der Waals surface area contributed by atoms with Gasteiger partial charge in [0.1, 0.15) is 0 Å². The van der Waals surface area contributed by atoms with E-state index in [1.807, 2.05) is 11.0 Å². The number of carbonyl (C=O) groups excluding carboxylic acids is 1. The first-order valence-corrected chi connectivity index (χ1v) is 7.87. The van der Waals surface area contributed by atoms with Crippen molar-refractivity contribution in [1.82, 2.24) is 0 Å². The Morgan fingerprint density at radius 1 is 1.15 bits per heavy atom. The molecule has 0 unspecified atom stereocenters. The fourth-order valence-electron chi connectivity index (χ4n) is 3.75. The van der Waals surface area contributed by atoms with Gasteiger partial charge in [-0.05, 0) is 30.9 Å². The van der Waals surface area contributed by atoms with Crippen LogP contribution in [-0.2, 0) is 11.2 Å². The second kappa shape index (κ2) is 5.57. The van der Waals surface area contributed by atoms with Crippen LogP contribution in [0.2, 0.25) is 0 Å². The molecule has 0 bridgehead atoms. The SMILES string of the molecule is NCC1(C(=O)N2CCc3ccccc32)CCCCCC1. The third-order valence-electron chi connectivity index (χ3n) is 5.04. The predicted molar refractivity (Wildman–Crippen MR) is 81.7 cm³/mol. The summed E-state index contributed by atoms with van der Waals surface area (Å²) in [4.78, 5) is 15.1. The molecule has 0 aromatic heterocycles. The summed E-state index contributed by atoms with van der Waals surface area (Å²) >= 11 is 0. The van der Waals surface area contributed by atoms with Gasteiger partial charge in [0.15, 0.2) is 0 Å². The highest BCUT2D eigenvalue weighted by atomic mass is 16.2. The average molecular weight is 272 g/mol. The fourth-order valence-corrected chi connectivity index (χ4v) is 3.75. The van der Waals surface area contributed by atoms with Gasteiger partial charge in [0.05, 0.1) is 5.41 Å². The van der Waals surface area contributed by atoms with E-state index in [0.29, 0.717) is 6.54 Å². The van der Waals surface area contributed by atoms with Crippen LogP contribution < -0.4 is 10.6 Å². The van der Waals surface area contributed by atoms with E-state index >= 15 is 0 Å². The van der Waals surface area contributed by atoms with Crippen LogP contribution in [0.5, 0.6) is 0 Å². The lowest BCUT2D eigenvalue weighted by molar-refractivity contribution is -0.128. The summed E-state index contributed by atoms with van der Waals surface area (Å²) in [6.07, 6.45) is 7.65. The molecule has 3 heteroatoms. The van der Waals surface area contributed by atoms with Crippen LogP contribution in [0.15, 0.2) is 24.3 Å². The van der Waals surface area contributed by atoms with Gasteiger partial charge in [0.2, 0.25) is 5.91 Å². The topological polar surface area (TPSA) is 46.3 Å². The number of amides is 1. The van der Waals surface area contributed by atoms with Gasteiger partial charge in [-0.3, -0.25) is 4.79 Å². The number of nitrogens with zero attached hydrogens (tertiary/aromatic N) is 1. The van der Waals surface area contributed by atoms with Crippen LogP contribution in [0.25, 0.3) is 0 Å². The molecule has 1 aliphatic carbocycles. The zero-order valence-electron chi connectivity index (χ0n) is 12.1. The smallest absolute Gasteiger partial charge is 0.234 e. The summed E-state index contributed by atoms with van der Waals surface area (Å²) in [6.45, 7) is 1.31. The number of hydrogen-bond acceptors (Lipinski definition) is 2. The third-order valence-corrected chi connectivity index (χ3v) is 5.04. The lowest BCUT2D eigenvalue weighted by atomic mass is 9.79. The zero-order valence-corrected chi connectivity index (χ0v) is 12.1. The number of carbonyl (C=O) groups is 1. The summed E-state index contributed by atoms with van der Waals surface area (Å²) in [7, 11) is 0. The minimum atomic E-state index is -0.312. The van der Waals surface area contributed by atoms with E-state index in [0.717, 1.165) is 44.3 Å². The summed E-state index contributed by atoms with van der Waals surface area (Å²) in [5.74, 6) is 0.270. The molecule has 0 spiro atoms. The van der Waals surface area contributed by atoms with Gasteiger partial charge in [-0.2, -0.15) is 0 Å². The molecule has 1 fully saturated rings. The molecule has 0 atom stereocenters. The van der Waals surface area contributed by atoms with Crippen molar-refractivity contribution in [2.75, 3.05) is 18.0 Å².